The van der Waals surface area contributed by atoms with Gasteiger partial charge < -0.3 is 14.6 Å². The van der Waals surface area contributed by atoms with Crippen molar-refractivity contribution in [1.29, 1.82) is 0 Å². The summed E-state index contributed by atoms with van der Waals surface area (Å²) < 4.78 is 7.41. The number of methoxy groups -OCH3 is 1. The largest absolute Gasteiger partial charge is 0.383 e. The molecule has 0 bridgehead atoms. The van der Waals surface area contributed by atoms with Crippen molar-refractivity contribution >= 4 is 5.95 Å². The molecular weight excluding hydrogens is 238 g/mol. The van der Waals surface area contributed by atoms with Crippen LogP contribution in [0.2, 0.25) is 0 Å². The Kier molecular flexibility index (Phi) is 5.25. The molecule has 0 aromatic carbocycles. The fourth-order valence-electron chi connectivity index (χ4n) is 2.90. The molecule has 1 aromatic rings. The van der Waals surface area contributed by atoms with E-state index in [0.29, 0.717) is 6.61 Å². The summed E-state index contributed by atoms with van der Waals surface area (Å²) in [4.78, 5) is 4.42. The summed E-state index contributed by atoms with van der Waals surface area (Å²) in [5.41, 5.74) is 0. The first-order valence-electron chi connectivity index (χ1n) is 7.45. The van der Waals surface area contributed by atoms with Gasteiger partial charge in [0.2, 0.25) is 5.95 Å². The van der Waals surface area contributed by atoms with Crippen LogP contribution in [-0.2, 0) is 11.3 Å². The number of nitrogens with zero attached hydrogens (tertiary/aromatic N) is 2. The van der Waals surface area contributed by atoms with Crippen molar-refractivity contribution in [2.24, 2.45) is 11.8 Å². The van der Waals surface area contributed by atoms with Gasteiger partial charge in [0.25, 0.3) is 0 Å². The average molecular weight is 265 g/mol. The molecule has 1 saturated carbocycles. The van der Waals surface area contributed by atoms with Gasteiger partial charge in [0.1, 0.15) is 0 Å². The Morgan fingerprint density at radius 3 is 2.84 bits per heavy atom. The molecule has 1 heterocycles. The van der Waals surface area contributed by atoms with Crippen LogP contribution in [0.25, 0.3) is 0 Å². The maximum absolute atomic E-state index is 5.15. The highest BCUT2D eigenvalue weighted by atomic mass is 16.5. The Labute approximate surface area is 116 Å². The minimum atomic E-state index is 0.289. The van der Waals surface area contributed by atoms with Gasteiger partial charge in [-0.1, -0.05) is 19.8 Å². The van der Waals surface area contributed by atoms with E-state index < -0.39 is 0 Å². The van der Waals surface area contributed by atoms with Crippen molar-refractivity contribution in [2.75, 3.05) is 19.0 Å². The SMILES string of the molecule is COCC(C)Nc1nccn1CC1CCC(C)CC1. The van der Waals surface area contributed by atoms with Gasteiger partial charge in [0.15, 0.2) is 0 Å². The third kappa shape index (κ3) is 4.23. The van der Waals surface area contributed by atoms with E-state index in [2.05, 4.69) is 34.9 Å². The second kappa shape index (κ2) is 6.94. The zero-order valence-corrected chi connectivity index (χ0v) is 12.4. The van der Waals surface area contributed by atoms with Crippen molar-refractivity contribution in [3.8, 4) is 0 Å². The van der Waals surface area contributed by atoms with E-state index in [1.54, 1.807) is 7.11 Å². The highest BCUT2D eigenvalue weighted by molar-refractivity contribution is 5.27. The summed E-state index contributed by atoms with van der Waals surface area (Å²) >= 11 is 0. The van der Waals surface area contributed by atoms with Crippen molar-refractivity contribution in [3.63, 3.8) is 0 Å². The quantitative estimate of drug-likeness (QED) is 0.858. The van der Waals surface area contributed by atoms with Crippen LogP contribution in [0, 0.1) is 11.8 Å². The Hall–Kier alpha value is -1.03. The lowest BCUT2D eigenvalue weighted by Crippen LogP contribution is -2.24. The normalized spacial score (nSPS) is 25.2. The predicted molar refractivity (Wildman–Crippen MR) is 78.3 cm³/mol. The fourth-order valence-corrected chi connectivity index (χ4v) is 2.90. The molecule has 0 radical (unpaired) electrons. The zero-order valence-electron chi connectivity index (χ0n) is 12.4. The van der Waals surface area contributed by atoms with Gasteiger partial charge in [-0.05, 0) is 31.6 Å². The molecule has 0 aliphatic heterocycles. The van der Waals surface area contributed by atoms with Crippen LogP contribution in [0.15, 0.2) is 12.4 Å². The molecule has 2 rings (SSSR count). The molecule has 0 spiro atoms. The van der Waals surface area contributed by atoms with Crippen LogP contribution in [0.5, 0.6) is 0 Å². The molecule has 1 aromatic heterocycles. The van der Waals surface area contributed by atoms with Gasteiger partial charge in [-0.15, -0.1) is 0 Å². The Morgan fingerprint density at radius 1 is 1.42 bits per heavy atom. The molecule has 0 amide bonds. The van der Waals surface area contributed by atoms with E-state index >= 15 is 0 Å². The molecule has 108 valence electrons. The predicted octanol–water partition coefficient (Wildman–Crippen LogP) is 3.16. The molecular formula is C15H27N3O. The van der Waals surface area contributed by atoms with E-state index in [1.807, 2.05) is 6.20 Å². The number of hydrogen-bond donors (Lipinski definition) is 1. The molecule has 4 nitrogen and oxygen atoms in total. The lowest BCUT2D eigenvalue weighted by atomic mass is 9.83. The summed E-state index contributed by atoms with van der Waals surface area (Å²) in [6.45, 7) is 6.28. The first kappa shape index (κ1) is 14.4. The first-order chi connectivity index (χ1) is 9.19. The Balaban J connectivity index is 1.88. The summed E-state index contributed by atoms with van der Waals surface area (Å²) in [5, 5.41) is 3.42. The summed E-state index contributed by atoms with van der Waals surface area (Å²) in [5.74, 6) is 2.70. The highest BCUT2D eigenvalue weighted by Crippen LogP contribution is 2.29. The number of hydrogen-bond acceptors (Lipinski definition) is 3. The van der Waals surface area contributed by atoms with Crippen LogP contribution in [-0.4, -0.2) is 29.3 Å². The van der Waals surface area contributed by atoms with Crippen molar-refractivity contribution in [3.05, 3.63) is 12.4 Å². The minimum absolute atomic E-state index is 0.289. The van der Waals surface area contributed by atoms with Crippen molar-refractivity contribution < 1.29 is 4.74 Å². The van der Waals surface area contributed by atoms with Crippen molar-refractivity contribution in [2.45, 2.75) is 52.1 Å². The number of imidazole rings is 1. The molecule has 1 aliphatic rings. The van der Waals surface area contributed by atoms with Crippen molar-refractivity contribution in [1.82, 2.24) is 9.55 Å². The number of ether oxygens (including phenoxy) is 1. The van der Waals surface area contributed by atoms with E-state index in [0.717, 1.165) is 24.3 Å². The van der Waals surface area contributed by atoms with E-state index in [4.69, 9.17) is 4.74 Å². The topological polar surface area (TPSA) is 39.1 Å². The monoisotopic (exact) mass is 265 g/mol. The standard InChI is InChI=1S/C15H27N3O/c1-12-4-6-14(7-5-12)10-18-9-8-16-15(18)17-13(2)11-19-3/h8-9,12-14H,4-7,10-11H2,1-3H3,(H,16,17). The van der Waals surface area contributed by atoms with Gasteiger partial charge in [-0.3, -0.25) is 0 Å². The van der Waals surface area contributed by atoms with Gasteiger partial charge in [-0.25, -0.2) is 4.98 Å². The molecule has 4 heteroatoms. The van der Waals surface area contributed by atoms with Crippen LogP contribution in [0.4, 0.5) is 5.95 Å². The lowest BCUT2D eigenvalue weighted by Gasteiger charge is -2.27. The van der Waals surface area contributed by atoms with Gasteiger partial charge in [0.05, 0.1) is 6.61 Å². The maximum Gasteiger partial charge on any atom is 0.203 e. The second-order valence-electron chi connectivity index (χ2n) is 6.03. The first-order valence-corrected chi connectivity index (χ1v) is 7.45. The number of anilines is 1. The summed E-state index contributed by atoms with van der Waals surface area (Å²) in [7, 11) is 1.73. The van der Waals surface area contributed by atoms with Gasteiger partial charge >= 0.3 is 0 Å². The number of rotatable bonds is 6. The molecule has 1 atom stereocenters. The molecule has 0 saturated heterocycles. The Morgan fingerprint density at radius 2 is 2.16 bits per heavy atom. The van der Waals surface area contributed by atoms with Crippen LogP contribution in [0.1, 0.15) is 39.5 Å². The number of nitrogens with one attached hydrogen (secondary N) is 1. The second-order valence-corrected chi connectivity index (χ2v) is 6.03. The van der Waals surface area contributed by atoms with Crippen LogP contribution >= 0.6 is 0 Å². The summed E-state index contributed by atoms with van der Waals surface area (Å²) in [6.07, 6.45) is 9.43. The van der Waals surface area contributed by atoms with Gasteiger partial charge in [0, 0.05) is 32.1 Å². The van der Waals surface area contributed by atoms with E-state index in [9.17, 15) is 0 Å². The van der Waals surface area contributed by atoms with E-state index in [1.165, 1.54) is 25.7 Å². The molecule has 1 fully saturated rings. The molecule has 1 aliphatic carbocycles. The molecule has 1 N–H and O–H groups in total. The Bertz CT molecular complexity index is 369. The lowest BCUT2D eigenvalue weighted by molar-refractivity contribution is 0.190. The van der Waals surface area contributed by atoms with Crippen LogP contribution in [0.3, 0.4) is 0 Å². The third-order valence-electron chi connectivity index (χ3n) is 4.10. The third-order valence-corrected chi connectivity index (χ3v) is 4.10. The molecule has 19 heavy (non-hydrogen) atoms. The smallest absolute Gasteiger partial charge is 0.203 e. The zero-order chi connectivity index (χ0) is 13.7. The highest BCUT2D eigenvalue weighted by Gasteiger charge is 2.19. The maximum atomic E-state index is 5.15. The average Bonchev–Trinajstić information content (AvgIpc) is 2.80. The fraction of sp³-hybridized carbons (Fsp3) is 0.800. The van der Waals surface area contributed by atoms with E-state index in [-0.39, 0.29) is 6.04 Å². The summed E-state index contributed by atoms with van der Waals surface area (Å²) in [6, 6.07) is 0.289. The van der Waals surface area contributed by atoms with Crippen LogP contribution < -0.4 is 5.32 Å². The number of aromatic nitrogens is 2. The van der Waals surface area contributed by atoms with Gasteiger partial charge in [-0.2, -0.15) is 0 Å². The molecule has 1 unspecified atom stereocenters. The minimum Gasteiger partial charge on any atom is -0.383 e.